The van der Waals surface area contributed by atoms with Gasteiger partial charge in [-0.3, -0.25) is 9.59 Å². The molecular formula is C19H19ClN2O2. The molecule has 5 heteroatoms. The van der Waals surface area contributed by atoms with E-state index in [1.807, 2.05) is 30.3 Å². The lowest BCUT2D eigenvalue weighted by Crippen LogP contribution is -2.35. The number of rotatable bonds is 4. The second-order valence-electron chi connectivity index (χ2n) is 5.86. The summed E-state index contributed by atoms with van der Waals surface area (Å²) in [6, 6.07) is 14.6. The van der Waals surface area contributed by atoms with E-state index in [4.69, 9.17) is 11.6 Å². The molecule has 0 atom stereocenters. The zero-order valence-electron chi connectivity index (χ0n) is 13.3. The van der Waals surface area contributed by atoms with Crippen molar-refractivity contribution in [3.8, 4) is 0 Å². The van der Waals surface area contributed by atoms with Crippen LogP contribution in [-0.4, -0.2) is 18.4 Å². The third-order valence-corrected chi connectivity index (χ3v) is 4.34. The maximum Gasteiger partial charge on any atom is 0.251 e. The fourth-order valence-electron chi connectivity index (χ4n) is 2.80. The maximum atomic E-state index is 12.2. The molecule has 0 radical (unpaired) electrons. The van der Waals surface area contributed by atoms with Crippen LogP contribution in [0.1, 0.15) is 35.2 Å². The molecule has 2 amide bonds. The highest BCUT2D eigenvalue weighted by atomic mass is 35.5. The molecule has 2 aromatic rings. The number of halogens is 1. The first-order valence-electron chi connectivity index (χ1n) is 8.06. The highest BCUT2D eigenvalue weighted by Gasteiger charge is 2.19. The lowest BCUT2D eigenvalue weighted by molar-refractivity contribution is -0.119. The molecule has 0 saturated carbocycles. The number of carbonyl (C=O) groups excluding carboxylic acids is 2. The highest BCUT2D eigenvalue weighted by Crippen LogP contribution is 2.21. The second-order valence-corrected chi connectivity index (χ2v) is 6.30. The number of amides is 2. The normalized spacial score (nSPS) is 14.5. The van der Waals surface area contributed by atoms with E-state index in [1.165, 1.54) is 0 Å². The molecule has 1 heterocycles. The van der Waals surface area contributed by atoms with Gasteiger partial charge in [-0.2, -0.15) is 0 Å². The largest absolute Gasteiger partial charge is 0.348 e. The Bertz CT molecular complexity index is 743. The van der Waals surface area contributed by atoms with E-state index in [9.17, 15) is 9.59 Å². The van der Waals surface area contributed by atoms with Crippen LogP contribution in [0, 0.1) is 0 Å². The van der Waals surface area contributed by atoms with Crippen LogP contribution in [0.4, 0.5) is 5.69 Å². The number of nitrogens with zero attached hydrogens (tertiary/aromatic N) is 1. The van der Waals surface area contributed by atoms with Crippen molar-refractivity contribution in [2.24, 2.45) is 0 Å². The Hall–Kier alpha value is -2.33. The number of nitrogens with one attached hydrogen (secondary N) is 1. The van der Waals surface area contributed by atoms with Crippen LogP contribution in [0.15, 0.2) is 48.5 Å². The molecule has 1 fully saturated rings. The summed E-state index contributed by atoms with van der Waals surface area (Å²) in [5.74, 6) is 0.00547. The number of carbonyl (C=O) groups is 2. The third kappa shape index (κ3) is 3.95. The number of hydrogen-bond acceptors (Lipinski definition) is 2. The Balaban J connectivity index is 1.62. The van der Waals surface area contributed by atoms with Gasteiger partial charge in [0.05, 0.1) is 0 Å². The molecule has 0 bridgehead atoms. The zero-order chi connectivity index (χ0) is 16.9. The van der Waals surface area contributed by atoms with Gasteiger partial charge in [-0.05, 0) is 54.8 Å². The zero-order valence-corrected chi connectivity index (χ0v) is 14.1. The highest BCUT2D eigenvalue weighted by molar-refractivity contribution is 6.30. The monoisotopic (exact) mass is 342 g/mol. The molecule has 0 unspecified atom stereocenters. The fraction of sp³-hybridized carbons (Fsp3) is 0.263. The molecule has 4 nitrogen and oxygen atoms in total. The fourth-order valence-corrected chi connectivity index (χ4v) is 3.02. The smallest absolute Gasteiger partial charge is 0.251 e. The summed E-state index contributed by atoms with van der Waals surface area (Å²) >= 11 is 5.94. The number of hydrogen-bond donors (Lipinski definition) is 1. The first-order chi connectivity index (χ1) is 11.6. The van der Waals surface area contributed by atoms with E-state index in [1.54, 1.807) is 23.1 Å². The first-order valence-corrected chi connectivity index (χ1v) is 8.44. The SMILES string of the molecule is O=C(NCc1cccc(Cl)c1)c1ccc(N2CCCCC2=O)cc1. The van der Waals surface area contributed by atoms with Crippen molar-refractivity contribution < 1.29 is 9.59 Å². The molecule has 1 aliphatic rings. The summed E-state index contributed by atoms with van der Waals surface area (Å²) in [4.78, 5) is 26.0. The standard InChI is InChI=1S/C19H19ClN2O2/c20-16-5-3-4-14(12-16)13-21-19(24)15-7-9-17(10-8-15)22-11-2-1-6-18(22)23/h3-5,7-10,12H,1-2,6,11,13H2,(H,21,24). The van der Waals surface area contributed by atoms with Crippen LogP contribution in [0.2, 0.25) is 5.02 Å². The predicted molar refractivity (Wildman–Crippen MR) is 95.3 cm³/mol. The van der Waals surface area contributed by atoms with E-state index in [0.717, 1.165) is 30.6 Å². The maximum absolute atomic E-state index is 12.2. The van der Waals surface area contributed by atoms with Gasteiger partial charge in [-0.15, -0.1) is 0 Å². The third-order valence-electron chi connectivity index (χ3n) is 4.11. The minimum atomic E-state index is -0.147. The molecule has 1 saturated heterocycles. The van der Waals surface area contributed by atoms with Gasteiger partial charge < -0.3 is 10.2 Å². The minimum Gasteiger partial charge on any atom is -0.348 e. The lowest BCUT2D eigenvalue weighted by atomic mass is 10.1. The summed E-state index contributed by atoms with van der Waals surface area (Å²) in [5, 5.41) is 3.52. The van der Waals surface area contributed by atoms with Gasteiger partial charge in [-0.1, -0.05) is 23.7 Å². The van der Waals surface area contributed by atoms with Crippen molar-refractivity contribution in [3.63, 3.8) is 0 Å². The molecule has 0 spiro atoms. The summed E-state index contributed by atoms with van der Waals surface area (Å²) in [7, 11) is 0. The van der Waals surface area contributed by atoms with Crippen LogP contribution in [0.25, 0.3) is 0 Å². The average molecular weight is 343 g/mol. The van der Waals surface area contributed by atoms with Gasteiger partial charge in [0.25, 0.3) is 5.91 Å². The number of benzene rings is 2. The summed E-state index contributed by atoms with van der Waals surface area (Å²) < 4.78 is 0. The number of piperidine rings is 1. The van der Waals surface area contributed by atoms with Gasteiger partial charge in [0.2, 0.25) is 5.91 Å². The van der Waals surface area contributed by atoms with E-state index >= 15 is 0 Å². The lowest BCUT2D eigenvalue weighted by Gasteiger charge is -2.26. The van der Waals surface area contributed by atoms with Crippen LogP contribution < -0.4 is 10.2 Å². The summed E-state index contributed by atoms with van der Waals surface area (Å²) in [6.45, 7) is 1.17. The molecule has 0 aliphatic carbocycles. The van der Waals surface area contributed by atoms with E-state index in [-0.39, 0.29) is 11.8 Å². The average Bonchev–Trinajstić information content (AvgIpc) is 2.60. The Labute approximate surface area is 146 Å². The second kappa shape index (κ2) is 7.49. The van der Waals surface area contributed by atoms with Gasteiger partial charge >= 0.3 is 0 Å². The van der Waals surface area contributed by atoms with E-state index in [0.29, 0.717) is 23.6 Å². The van der Waals surface area contributed by atoms with Crippen molar-refractivity contribution in [1.29, 1.82) is 0 Å². The molecule has 124 valence electrons. The molecule has 3 rings (SSSR count). The van der Waals surface area contributed by atoms with Crippen molar-refractivity contribution in [2.75, 3.05) is 11.4 Å². The quantitative estimate of drug-likeness (QED) is 0.919. The summed E-state index contributed by atoms with van der Waals surface area (Å²) in [5.41, 5.74) is 2.38. The van der Waals surface area contributed by atoms with Crippen LogP contribution in [0.5, 0.6) is 0 Å². The van der Waals surface area contributed by atoms with Crippen LogP contribution in [-0.2, 0) is 11.3 Å². The molecular weight excluding hydrogens is 324 g/mol. The van der Waals surface area contributed by atoms with Gasteiger partial charge in [-0.25, -0.2) is 0 Å². The van der Waals surface area contributed by atoms with Crippen molar-refractivity contribution >= 4 is 29.1 Å². The molecule has 0 aromatic heterocycles. The van der Waals surface area contributed by atoms with Crippen molar-refractivity contribution in [1.82, 2.24) is 5.32 Å². The van der Waals surface area contributed by atoms with E-state index < -0.39 is 0 Å². The molecule has 1 aliphatic heterocycles. The summed E-state index contributed by atoms with van der Waals surface area (Å²) in [6.07, 6.45) is 2.58. The Morgan fingerprint density at radius 1 is 1.12 bits per heavy atom. The molecule has 2 aromatic carbocycles. The van der Waals surface area contributed by atoms with Crippen molar-refractivity contribution in [2.45, 2.75) is 25.8 Å². The minimum absolute atomic E-state index is 0.147. The Morgan fingerprint density at radius 3 is 2.62 bits per heavy atom. The van der Waals surface area contributed by atoms with Crippen LogP contribution in [0.3, 0.4) is 0 Å². The predicted octanol–water partition coefficient (Wildman–Crippen LogP) is 3.79. The molecule has 1 N–H and O–H groups in total. The Morgan fingerprint density at radius 2 is 1.92 bits per heavy atom. The first kappa shape index (κ1) is 16.5. The van der Waals surface area contributed by atoms with Gasteiger partial charge in [0.15, 0.2) is 0 Å². The topological polar surface area (TPSA) is 49.4 Å². The number of anilines is 1. The van der Waals surface area contributed by atoms with Crippen molar-refractivity contribution in [3.05, 3.63) is 64.7 Å². The van der Waals surface area contributed by atoms with Crippen LogP contribution >= 0.6 is 11.6 Å². The molecule has 24 heavy (non-hydrogen) atoms. The Kier molecular flexibility index (Phi) is 5.16. The van der Waals surface area contributed by atoms with E-state index in [2.05, 4.69) is 5.32 Å². The van der Waals surface area contributed by atoms with Gasteiger partial charge in [0, 0.05) is 35.8 Å². The van der Waals surface area contributed by atoms with Gasteiger partial charge in [0.1, 0.15) is 0 Å².